The van der Waals surface area contributed by atoms with E-state index in [0.717, 1.165) is 0 Å². The number of rotatable bonds is 7. The van der Waals surface area contributed by atoms with E-state index < -0.39 is 54.0 Å². The largest absolute Gasteiger partial charge is 0.457 e. The maximum Gasteiger partial charge on any atom is 0.334 e. The third kappa shape index (κ3) is 5.73. The molecule has 0 amide bonds. The van der Waals surface area contributed by atoms with Crippen molar-refractivity contribution in [2.75, 3.05) is 6.61 Å². The average Bonchev–Trinajstić information content (AvgIpc) is 3.04. The molecule has 0 aromatic heterocycles. The van der Waals surface area contributed by atoms with Crippen molar-refractivity contribution in [1.82, 2.24) is 0 Å². The second kappa shape index (κ2) is 11.2. The van der Waals surface area contributed by atoms with Crippen LogP contribution in [0, 0.1) is 17.8 Å². The Morgan fingerprint density at radius 2 is 1.97 bits per heavy atom. The maximum atomic E-state index is 12.8. The quantitative estimate of drug-likeness (QED) is 0.208. The van der Waals surface area contributed by atoms with E-state index in [1.165, 1.54) is 0 Å². The summed E-state index contributed by atoms with van der Waals surface area (Å²) in [7, 11) is 0. The molecule has 1 aliphatic heterocycles. The summed E-state index contributed by atoms with van der Waals surface area (Å²) in [6.07, 6.45) is 1.72. The Balaban J connectivity index is 2.65. The Bertz CT molecular complexity index is 822. The molecule has 0 aromatic carbocycles. The summed E-state index contributed by atoms with van der Waals surface area (Å²) in [5, 5.41) is 9.72. The van der Waals surface area contributed by atoms with Gasteiger partial charge in [-0.15, -0.1) is 0 Å². The molecule has 0 radical (unpaired) electrons. The van der Waals surface area contributed by atoms with Gasteiger partial charge in [0.1, 0.15) is 12.4 Å². The first-order valence-electron chi connectivity index (χ1n) is 10.9. The molecule has 2 aliphatic rings. The van der Waals surface area contributed by atoms with E-state index >= 15 is 0 Å². The lowest BCUT2D eigenvalue weighted by molar-refractivity contribution is -0.174. The molecule has 1 fully saturated rings. The first-order valence-corrected chi connectivity index (χ1v) is 10.9. The van der Waals surface area contributed by atoms with Gasteiger partial charge in [-0.1, -0.05) is 40.3 Å². The molecule has 1 heterocycles. The standard InChI is InChI=1S/C24H32O8/c1-6-14(4)23(28)32-21-19-15(5)24(29)30-18(19)10-16(11-25)8-7-9-17(12-26)20(21)31-22(27)13(2)3/h9-10,12-14,18-21,25H,5-8,11H2,1-4H3. The lowest BCUT2D eigenvalue weighted by Gasteiger charge is -2.34. The number of hydrogen-bond donors (Lipinski definition) is 1. The molecule has 1 saturated heterocycles. The minimum absolute atomic E-state index is 0.0434. The van der Waals surface area contributed by atoms with E-state index in [1.54, 1.807) is 32.9 Å². The van der Waals surface area contributed by atoms with Crippen LogP contribution < -0.4 is 0 Å². The molecule has 8 heteroatoms. The second-order valence-electron chi connectivity index (χ2n) is 8.49. The summed E-state index contributed by atoms with van der Waals surface area (Å²) >= 11 is 0. The molecule has 5 unspecified atom stereocenters. The topological polar surface area (TPSA) is 116 Å². The van der Waals surface area contributed by atoms with Crippen LogP contribution in [0.4, 0.5) is 0 Å². The Morgan fingerprint density at radius 1 is 1.28 bits per heavy atom. The minimum atomic E-state index is -1.24. The molecule has 0 spiro atoms. The van der Waals surface area contributed by atoms with Gasteiger partial charge in [0, 0.05) is 11.1 Å². The Morgan fingerprint density at radius 3 is 2.53 bits per heavy atom. The molecule has 5 atom stereocenters. The van der Waals surface area contributed by atoms with Gasteiger partial charge in [-0.3, -0.25) is 14.4 Å². The fourth-order valence-electron chi connectivity index (χ4n) is 3.56. The van der Waals surface area contributed by atoms with E-state index in [-0.39, 0.29) is 17.8 Å². The van der Waals surface area contributed by atoms with Crippen LogP contribution in [-0.4, -0.2) is 54.2 Å². The van der Waals surface area contributed by atoms with Crippen LogP contribution in [0.1, 0.15) is 47.0 Å². The number of hydrogen-bond acceptors (Lipinski definition) is 8. The second-order valence-corrected chi connectivity index (χ2v) is 8.49. The summed E-state index contributed by atoms with van der Waals surface area (Å²) in [5.41, 5.74) is 0.765. The Hall–Kier alpha value is -2.74. The third-order valence-electron chi connectivity index (χ3n) is 5.81. The number of esters is 3. The molecule has 32 heavy (non-hydrogen) atoms. The number of aliphatic hydroxyl groups is 1. The molecule has 1 N–H and O–H groups in total. The van der Waals surface area contributed by atoms with Crippen LogP contribution in [0.2, 0.25) is 0 Å². The minimum Gasteiger partial charge on any atom is -0.457 e. The third-order valence-corrected chi connectivity index (χ3v) is 5.81. The zero-order valence-electron chi connectivity index (χ0n) is 19.0. The number of carbonyl (C=O) groups excluding carboxylic acids is 4. The smallest absolute Gasteiger partial charge is 0.334 e. The first-order chi connectivity index (χ1) is 15.1. The normalized spacial score (nSPS) is 26.9. The highest BCUT2D eigenvalue weighted by atomic mass is 16.6. The van der Waals surface area contributed by atoms with E-state index in [0.29, 0.717) is 31.1 Å². The molecule has 176 valence electrons. The number of fused-ring (bicyclic) bond motifs is 1. The van der Waals surface area contributed by atoms with E-state index in [9.17, 15) is 24.3 Å². The molecule has 2 rings (SSSR count). The van der Waals surface area contributed by atoms with Crippen LogP contribution >= 0.6 is 0 Å². The predicted molar refractivity (Wildman–Crippen MR) is 115 cm³/mol. The summed E-state index contributed by atoms with van der Waals surface area (Å²) in [4.78, 5) is 49.7. The summed E-state index contributed by atoms with van der Waals surface area (Å²) in [6.45, 7) is 10.4. The molecule has 8 nitrogen and oxygen atoms in total. The number of aldehydes is 1. The van der Waals surface area contributed by atoms with Gasteiger partial charge in [-0.05, 0) is 30.9 Å². The number of ether oxygens (including phenoxy) is 3. The van der Waals surface area contributed by atoms with Crippen molar-refractivity contribution < 1.29 is 38.5 Å². The van der Waals surface area contributed by atoms with Crippen molar-refractivity contribution in [3.05, 3.63) is 35.5 Å². The van der Waals surface area contributed by atoms with Crippen molar-refractivity contribution in [2.24, 2.45) is 17.8 Å². The van der Waals surface area contributed by atoms with Crippen LogP contribution in [0.15, 0.2) is 35.5 Å². The fourth-order valence-corrected chi connectivity index (χ4v) is 3.56. The van der Waals surface area contributed by atoms with Gasteiger partial charge in [0.2, 0.25) is 0 Å². The van der Waals surface area contributed by atoms with Crippen LogP contribution in [-0.2, 0) is 33.4 Å². The zero-order chi connectivity index (χ0) is 24.0. The lowest BCUT2D eigenvalue weighted by atomic mass is 9.83. The van der Waals surface area contributed by atoms with Gasteiger partial charge in [-0.25, -0.2) is 4.79 Å². The van der Waals surface area contributed by atoms with Crippen molar-refractivity contribution in [3.8, 4) is 0 Å². The Labute approximate surface area is 188 Å². The fraction of sp³-hybridized carbons (Fsp3) is 0.583. The zero-order valence-corrected chi connectivity index (χ0v) is 19.0. The van der Waals surface area contributed by atoms with Gasteiger partial charge < -0.3 is 19.3 Å². The molecule has 0 aromatic rings. The monoisotopic (exact) mass is 448 g/mol. The summed E-state index contributed by atoms with van der Waals surface area (Å²) in [6, 6.07) is 0. The molecule has 1 aliphatic carbocycles. The van der Waals surface area contributed by atoms with Gasteiger partial charge >= 0.3 is 17.9 Å². The van der Waals surface area contributed by atoms with Gasteiger partial charge in [-0.2, -0.15) is 0 Å². The van der Waals surface area contributed by atoms with Crippen LogP contribution in [0.25, 0.3) is 0 Å². The number of aliphatic hydroxyl groups excluding tert-OH is 1. The van der Waals surface area contributed by atoms with Crippen molar-refractivity contribution >= 4 is 24.2 Å². The average molecular weight is 449 g/mol. The molecular weight excluding hydrogens is 416 g/mol. The first kappa shape index (κ1) is 25.5. The van der Waals surface area contributed by atoms with E-state index in [1.807, 2.05) is 6.92 Å². The van der Waals surface area contributed by atoms with Crippen molar-refractivity contribution in [1.29, 1.82) is 0 Å². The summed E-state index contributed by atoms with van der Waals surface area (Å²) < 4.78 is 16.9. The van der Waals surface area contributed by atoms with E-state index in [4.69, 9.17) is 14.2 Å². The highest BCUT2D eigenvalue weighted by molar-refractivity contribution is 5.91. The predicted octanol–water partition coefficient (Wildman–Crippen LogP) is 2.45. The SMILES string of the molecule is C=C1C(=O)OC2C=C(CO)CCC=C(C=O)C(OC(=O)C(C)C)C(OC(=O)C(C)CC)C12. The van der Waals surface area contributed by atoms with Crippen molar-refractivity contribution in [3.63, 3.8) is 0 Å². The molecule has 0 bridgehead atoms. The number of allylic oxidation sites excluding steroid dienone is 1. The van der Waals surface area contributed by atoms with Gasteiger partial charge in [0.05, 0.1) is 24.4 Å². The van der Waals surface area contributed by atoms with Crippen LogP contribution in [0.3, 0.4) is 0 Å². The van der Waals surface area contributed by atoms with Gasteiger partial charge in [0.15, 0.2) is 12.2 Å². The highest BCUT2D eigenvalue weighted by Gasteiger charge is 2.50. The molecular formula is C24H32O8. The number of carbonyl (C=O) groups is 4. The van der Waals surface area contributed by atoms with Crippen molar-refractivity contribution in [2.45, 2.75) is 65.3 Å². The maximum absolute atomic E-state index is 12.8. The summed E-state index contributed by atoms with van der Waals surface area (Å²) in [5.74, 6) is -3.66. The molecule has 0 saturated carbocycles. The van der Waals surface area contributed by atoms with Crippen LogP contribution in [0.5, 0.6) is 0 Å². The van der Waals surface area contributed by atoms with E-state index in [2.05, 4.69) is 6.58 Å². The Kier molecular flexibility index (Phi) is 8.95. The van der Waals surface area contributed by atoms with Gasteiger partial charge in [0.25, 0.3) is 0 Å². The lowest BCUT2D eigenvalue weighted by Crippen LogP contribution is -2.46. The highest BCUT2D eigenvalue weighted by Crippen LogP contribution is 2.37.